The van der Waals surface area contributed by atoms with Gasteiger partial charge in [0.15, 0.2) is 0 Å². The predicted octanol–water partition coefficient (Wildman–Crippen LogP) is 3.41. The third kappa shape index (κ3) is 2.90. The van der Waals surface area contributed by atoms with Gasteiger partial charge in [-0.25, -0.2) is 18.0 Å². The summed E-state index contributed by atoms with van der Waals surface area (Å²) >= 11 is 0. The van der Waals surface area contributed by atoms with E-state index < -0.39 is 34.7 Å². The second kappa shape index (κ2) is 5.64. The maximum Gasteiger partial charge on any atom is 0.335 e. The molecule has 0 saturated heterocycles. The molecule has 3 nitrogen and oxygen atoms in total. The number of hydrogen-bond donors (Lipinski definition) is 2. The number of carboxylic acids is 1. The molecule has 0 radical (unpaired) electrons. The zero-order valence-corrected chi connectivity index (χ0v) is 10.2. The summed E-state index contributed by atoms with van der Waals surface area (Å²) in [5.74, 6) is -4.01. The highest BCUT2D eigenvalue weighted by Crippen LogP contribution is 2.22. The second-order valence-electron chi connectivity index (χ2n) is 4.07. The summed E-state index contributed by atoms with van der Waals surface area (Å²) < 4.78 is 40.6. The fourth-order valence-corrected chi connectivity index (χ4v) is 1.69. The van der Waals surface area contributed by atoms with Crippen molar-refractivity contribution in [2.24, 2.45) is 0 Å². The lowest BCUT2D eigenvalue weighted by Gasteiger charge is -2.10. The number of rotatable bonds is 4. The van der Waals surface area contributed by atoms with E-state index in [1.165, 1.54) is 18.2 Å². The largest absolute Gasteiger partial charge is 0.478 e. The molecule has 0 saturated carbocycles. The molecule has 0 spiro atoms. The molecule has 104 valence electrons. The normalized spacial score (nSPS) is 10.3. The maximum absolute atomic E-state index is 13.6. The van der Waals surface area contributed by atoms with Crippen molar-refractivity contribution in [3.63, 3.8) is 0 Å². The summed E-state index contributed by atoms with van der Waals surface area (Å²) in [6.45, 7) is -0.118. The van der Waals surface area contributed by atoms with Crippen LogP contribution in [0.5, 0.6) is 0 Å². The van der Waals surface area contributed by atoms with E-state index >= 15 is 0 Å². The quantitative estimate of drug-likeness (QED) is 0.902. The first-order valence-corrected chi connectivity index (χ1v) is 5.68. The van der Waals surface area contributed by atoms with Gasteiger partial charge in [0.1, 0.15) is 23.1 Å². The van der Waals surface area contributed by atoms with Crippen LogP contribution in [0.15, 0.2) is 36.4 Å². The first-order valence-electron chi connectivity index (χ1n) is 5.68. The minimum absolute atomic E-state index is 0.118. The molecule has 0 aliphatic heterocycles. The summed E-state index contributed by atoms with van der Waals surface area (Å²) in [5.41, 5.74) is -0.733. The summed E-state index contributed by atoms with van der Waals surface area (Å²) in [7, 11) is 0. The molecule has 0 aliphatic rings. The van der Waals surface area contributed by atoms with Gasteiger partial charge in [-0.2, -0.15) is 0 Å². The molecule has 0 atom stereocenters. The number of halogens is 3. The molecule has 0 aliphatic carbocycles. The Bertz CT molecular complexity index is 636. The molecular formula is C14H10F3NO2. The van der Waals surface area contributed by atoms with Gasteiger partial charge in [0.05, 0.1) is 5.56 Å². The molecule has 2 aromatic carbocycles. The topological polar surface area (TPSA) is 49.3 Å². The van der Waals surface area contributed by atoms with Crippen LogP contribution in [0.3, 0.4) is 0 Å². The fraction of sp³-hybridized carbons (Fsp3) is 0.0714. The van der Waals surface area contributed by atoms with Crippen LogP contribution < -0.4 is 5.32 Å². The Labute approximate surface area is 112 Å². The van der Waals surface area contributed by atoms with Crippen LogP contribution >= 0.6 is 0 Å². The Morgan fingerprint density at radius 2 is 1.65 bits per heavy atom. The van der Waals surface area contributed by atoms with Crippen molar-refractivity contribution < 1.29 is 23.1 Å². The average molecular weight is 281 g/mol. The van der Waals surface area contributed by atoms with E-state index in [9.17, 15) is 18.0 Å². The van der Waals surface area contributed by atoms with Gasteiger partial charge in [-0.3, -0.25) is 0 Å². The number of nitrogens with one attached hydrogen (secondary N) is 1. The van der Waals surface area contributed by atoms with Crippen LogP contribution in [0.2, 0.25) is 0 Å². The van der Waals surface area contributed by atoms with Crippen LogP contribution in [-0.2, 0) is 6.54 Å². The molecular weight excluding hydrogens is 271 g/mol. The molecule has 2 rings (SSSR count). The van der Waals surface area contributed by atoms with E-state index in [0.29, 0.717) is 12.1 Å². The number of benzene rings is 2. The molecule has 2 aromatic rings. The van der Waals surface area contributed by atoms with Crippen molar-refractivity contribution in [1.29, 1.82) is 0 Å². The van der Waals surface area contributed by atoms with E-state index in [4.69, 9.17) is 5.11 Å². The van der Waals surface area contributed by atoms with Crippen LogP contribution in [0.4, 0.5) is 18.9 Å². The second-order valence-corrected chi connectivity index (χ2v) is 4.07. The lowest BCUT2D eigenvalue weighted by atomic mass is 10.1. The smallest absolute Gasteiger partial charge is 0.335 e. The molecule has 2 N–H and O–H groups in total. The first-order chi connectivity index (χ1) is 9.49. The van der Waals surface area contributed by atoms with Crippen molar-refractivity contribution in [3.8, 4) is 0 Å². The Hall–Kier alpha value is -2.50. The maximum atomic E-state index is 13.6. The summed E-state index contributed by atoms with van der Waals surface area (Å²) in [4.78, 5) is 10.6. The number of aromatic carboxylic acids is 1. The SMILES string of the molecule is O=C(O)c1cc(F)c(NCc2ccccc2F)c(F)c1. The van der Waals surface area contributed by atoms with Crippen molar-refractivity contribution in [2.45, 2.75) is 6.54 Å². The van der Waals surface area contributed by atoms with Crippen LogP contribution in [0, 0.1) is 17.5 Å². The molecule has 0 heterocycles. The summed E-state index contributed by atoms with van der Waals surface area (Å²) in [6, 6.07) is 7.22. The van der Waals surface area contributed by atoms with Gasteiger partial charge in [-0.1, -0.05) is 18.2 Å². The standard InChI is InChI=1S/C14H10F3NO2/c15-10-4-2-1-3-8(10)7-18-13-11(16)5-9(14(19)20)6-12(13)17/h1-6,18H,7H2,(H,19,20). The van der Waals surface area contributed by atoms with E-state index in [1.54, 1.807) is 6.07 Å². The number of carboxylic acid groups (broad SMARTS) is 1. The van der Waals surface area contributed by atoms with Gasteiger partial charge in [-0.05, 0) is 18.2 Å². The molecule has 20 heavy (non-hydrogen) atoms. The minimum Gasteiger partial charge on any atom is -0.478 e. The Morgan fingerprint density at radius 3 is 2.20 bits per heavy atom. The molecule has 0 unspecified atom stereocenters. The Morgan fingerprint density at radius 1 is 1.05 bits per heavy atom. The highest BCUT2D eigenvalue weighted by atomic mass is 19.1. The van der Waals surface area contributed by atoms with Crippen LogP contribution in [0.25, 0.3) is 0 Å². The first kappa shape index (κ1) is 13.9. The van der Waals surface area contributed by atoms with Crippen molar-refractivity contribution in [1.82, 2.24) is 0 Å². The van der Waals surface area contributed by atoms with Crippen LogP contribution in [-0.4, -0.2) is 11.1 Å². The summed E-state index contributed by atoms with van der Waals surface area (Å²) in [6.07, 6.45) is 0. The average Bonchev–Trinajstić information content (AvgIpc) is 2.39. The van der Waals surface area contributed by atoms with E-state index in [-0.39, 0.29) is 12.1 Å². The lowest BCUT2D eigenvalue weighted by Crippen LogP contribution is -2.07. The predicted molar refractivity (Wildman–Crippen MR) is 67.0 cm³/mol. The van der Waals surface area contributed by atoms with Crippen molar-refractivity contribution in [2.75, 3.05) is 5.32 Å². The number of anilines is 1. The van der Waals surface area contributed by atoms with E-state index in [0.717, 1.165) is 0 Å². The van der Waals surface area contributed by atoms with E-state index in [2.05, 4.69) is 5.32 Å². The van der Waals surface area contributed by atoms with Gasteiger partial charge >= 0.3 is 5.97 Å². The Balaban J connectivity index is 2.22. The third-order valence-electron chi connectivity index (χ3n) is 2.70. The molecule has 0 amide bonds. The minimum atomic E-state index is -1.43. The monoisotopic (exact) mass is 281 g/mol. The van der Waals surface area contributed by atoms with Crippen molar-refractivity contribution >= 4 is 11.7 Å². The zero-order valence-electron chi connectivity index (χ0n) is 10.2. The van der Waals surface area contributed by atoms with Gasteiger partial charge < -0.3 is 10.4 Å². The Kier molecular flexibility index (Phi) is 3.93. The molecule has 6 heteroatoms. The van der Waals surface area contributed by atoms with Gasteiger partial charge in [0.2, 0.25) is 0 Å². The summed E-state index contributed by atoms with van der Waals surface area (Å²) in [5, 5.41) is 11.1. The molecule has 0 bridgehead atoms. The lowest BCUT2D eigenvalue weighted by molar-refractivity contribution is 0.0696. The van der Waals surface area contributed by atoms with E-state index in [1.807, 2.05) is 0 Å². The highest BCUT2D eigenvalue weighted by molar-refractivity contribution is 5.88. The third-order valence-corrected chi connectivity index (χ3v) is 2.70. The number of hydrogen-bond acceptors (Lipinski definition) is 2. The number of carbonyl (C=O) groups is 1. The molecule has 0 fully saturated rings. The van der Waals surface area contributed by atoms with Crippen molar-refractivity contribution in [3.05, 3.63) is 65.0 Å². The molecule has 0 aromatic heterocycles. The van der Waals surface area contributed by atoms with Crippen LogP contribution in [0.1, 0.15) is 15.9 Å². The van der Waals surface area contributed by atoms with Gasteiger partial charge in [0.25, 0.3) is 0 Å². The fourth-order valence-electron chi connectivity index (χ4n) is 1.69. The van der Waals surface area contributed by atoms with Gasteiger partial charge in [0, 0.05) is 12.1 Å². The zero-order chi connectivity index (χ0) is 14.7. The van der Waals surface area contributed by atoms with Gasteiger partial charge in [-0.15, -0.1) is 0 Å². The highest BCUT2D eigenvalue weighted by Gasteiger charge is 2.14.